The summed E-state index contributed by atoms with van der Waals surface area (Å²) in [4.78, 5) is 0. The highest BCUT2D eigenvalue weighted by molar-refractivity contribution is 9.10. The summed E-state index contributed by atoms with van der Waals surface area (Å²) < 4.78 is 6.54. The van der Waals surface area contributed by atoms with Gasteiger partial charge in [-0.25, -0.2) is 0 Å². The second-order valence-corrected chi connectivity index (χ2v) is 5.06. The molecule has 0 radical (unpaired) electrons. The van der Waals surface area contributed by atoms with Crippen LogP contribution < -0.4 is 5.32 Å². The zero-order valence-corrected chi connectivity index (χ0v) is 12.6. The number of benzene rings is 1. The maximum atomic E-state index is 6.29. The smallest absolute Gasteiger partial charge is 0.0662 e. The minimum absolute atomic E-state index is 0.150. The predicted octanol–water partition coefficient (Wildman–Crippen LogP) is 4.18. The van der Waals surface area contributed by atoms with E-state index in [9.17, 15) is 0 Å². The quantitative estimate of drug-likeness (QED) is 0.761. The van der Waals surface area contributed by atoms with E-state index in [0.29, 0.717) is 6.61 Å². The first-order chi connectivity index (χ1) is 8.20. The molecule has 0 aliphatic rings. The van der Waals surface area contributed by atoms with Crippen molar-refractivity contribution in [2.24, 2.45) is 0 Å². The van der Waals surface area contributed by atoms with Gasteiger partial charge in [0.2, 0.25) is 0 Å². The minimum atomic E-state index is 0.150. The predicted molar refractivity (Wildman–Crippen MR) is 76.7 cm³/mol. The lowest BCUT2D eigenvalue weighted by molar-refractivity contribution is 0.112. The van der Waals surface area contributed by atoms with Crippen molar-refractivity contribution >= 4 is 27.5 Å². The lowest BCUT2D eigenvalue weighted by atomic mass is 10.1. The Hall–Kier alpha value is -0.0900. The van der Waals surface area contributed by atoms with Crippen LogP contribution in [0.3, 0.4) is 0 Å². The van der Waals surface area contributed by atoms with E-state index in [1.54, 1.807) is 0 Å². The molecule has 0 spiro atoms. The van der Waals surface area contributed by atoms with E-state index in [4.69, 9.17) is 16.3 Å². The summed E-state index contributed by atoms with van der Waals surface area (Å²) >= 11 is 9.74. The first-order valence-corrected chi connectivity index (χ1v) is 7.12. The van der Waals surface area contributed by atoms with Crippen LogP contribution in [0.5, 0.6) is 0 Å². The third-order valence-electron chi connectivity index (χ3n) is 2.44. The van der Waals surface area contributed by atoms with Crippen LogP contribution >= 0.6 is 27.5 Å². The van der Waals surface area contributed by atoms with Crippen LogP contribution in [0.15, 0.2) is 22.7 Å². The van der Waals surface area contributed by atoms with Crippen LogP contribution in [0.1, 0.15) is 31.9 Å². The second kappa shape index (κ2) is 8.09. The number of halogens is 2. The van der Waals surface area contributed by atoms with Crippen molar-refractivity contribution < 1.29 is 4.74 Å². The monoisotopic (exact) mass is 319 g/mol. The normalized spacial score (nSPS) is 12.7. The molecule has 0 aromatic heterocycles. The fourth-order valence-corrected chi connectivity index (χ4v) is 2.28. The van der Waals surface area contributed by atoms with Gasteiger partial charge in [0, 0.05) is 11.1 Å². The molecule has 0 fully saturated rings. The number of likely N-dealkylation sites (N-methyl/N-ethyl adjacent to an activating group) is 1. The molecular formula is C13H19BrClNO. The fourth-order valence-electron chi connectivity index (χ4n) is 1.64. The van der Waals surface area contributed by atoms with Crippen molar-refractivity contribution in [3.8, 4) is 0 Å². The van der Waals surface area contributed by atoms with E-state index in [1.807, 2.05) is 18.2 Å². The molecule has 1 unspecified atom stereocenters. The number of nitrogens with one attached hydrogen (secondary N) is 1. The molecule has 0 bridgehead atoms. The third kappa shape index (κ3) is 4.59. The van der Waals surface area contributed by atoms with E-state index >= 15 is 0 Å². The van der Waals surface area contributed by atoms with E-state index in [0.717, 1.165) is 34.6 Å². The molecule has 1 rings (SSSR count). The van der Waals surface area contributed by atoms with Gasteiger partial charge in [0.1, 0.15) is 0 Å². The molecule has 0 heterocycles. The topological polar surface area (TPSA) is 21.3 Å². The zero-order chi connectivity index (χ0) is 12.7. The Morgan fingerprint density at radius 1 is 1.41 bits per heavy atom. The highest BCUT2D eigenvalue weighted by Crippen LogP contribution is 2.30. The highest BCUT2D eigenvalue weighted by atomic mass is 79.9. The Balaban J connectivity index is 2.77. The van der Waals surface area contributed by atoms with Gasteiger partial charge in [0.05, 0.1) is 17.7 Å². The van der Waals surface area contributed by atoms with Gasteiger partial charge in [-0.1, -0.05) is 37.6 Å². The number of rotatable bonds is 7. The average molecular weight is 321 g/mol. The lowest BCUT2D eigenvalue weighted by Gasteiger charge is -2.20. The molecular weight excluding hydrogens is 302 g/mol. The maximum absolute atomic E-state index is 6.29. The van der Waals surface area contributed by atoms with Crippen LogP contribution in [0.25, 0.3) is 0 Å². The molecule has 0 saturated heterocycles. The molecule has 4 heteroatoms. The van der Waals surface area contributed by atoms with Crippen molar-refractivity contribution in [3.63, 3.8) is 0 Å². The van der Waals surface area contributed by atoms with Crippen LogP contribution in [0, 0.1) is 0 Å². The zero-order valence-electron chi connectivity index (χ0n) is 10.3. The summed E-state index contributed by atoms with van der Waals surface area (Å²) in [5.41, 5.74) is 1.08. The summed E-state index contributed by atoms with van der Waals surface area (Å²) in [5.74, 6) is 0. The second-order valence-electron chi connectivity index (χ2n) is 3.83. The van der Waals surface area contributed by atoms with Crippen molar-refractivity contribution in [3.05, 3.63) is 33.3 Å². The summed E-state index contributed by atoms with van der Waals surface area (Å²) in [6, 6.07) is 6.13. The van der Waals surface area contributed by atoms with Gasteiger partial charge in [-0.2, -0.15) is 0 Å². The molecule has 17 heavy (non-hydrogen) atoms. The SMILES string of the molecule is CCCOCC(NCC)c1cccc(Br)c1Cl. The van der Waals surface area contributed by atoms with Gasteiger partial charge in [0.15, 0.2) is 0 Å². The van der Waals surface area contributed by atoms with Gasteiger partial charge >= 0.3 is 0 Å². The Morgan fingerprint density at radius 2 is 2.18 bits per heavy atom. The van der Waals surface area contributed by atoms with Gasteiger partial charge in [-0.15, -0.1) is 0 Å². The van der Waals surface area contributed by atoms with Crippen LogP contribution in [-0.2, 0) is 4.74 Å². The van der Waals surface area contributed by atoms with Gasteiger partial charge in [0.25, 0.3) is 0 Å². The van der Waals surface area contributed by atoms with Crippen LogP contribution in [0.2, 0.25) is 5.02 Å². The van der Waals surface area contributed by atoms with Crippen LogP contribution in [-0.4, -0.2) is 19.8 Å². The first kappa shape index (κ1) is 15.0. The largest absolute Gasteiger partial charge is 0.379 e. The van der Waals surface area contributed by atoms with E-state index < -0.39 is 0 Å². The Labute approximate surface area is 117 Å². The van der Waals surface area contributed by atoms with Crippen molar-refractivity contribution in [1.29, 1.82) is 0 Å². The number of hydrogen-bond acceptors (Lipinski definition) is 2. The Bertz CT molecular complexity index is 346. The minimum Gasteiger partial charge on any atom is -0.379 e. The summed E-state index contributed by atoms with van der Waals surface area (Å²) in [7, 11) is 0. The van der Waals surface area contributed by atoms with Gasteiger partial charge in [-0.05, 0) is 40.5 Å². The molecule has 0 aliphatic carbocycles. The number of hydrogen-bond donors (Lipinski definition) is 1. The van der Waals surface area contributed by atoms with Crippen LogP contribution in [0.4, 0.5) is 0 Å². The molecule has 1 N–H and O–H groups in total. The molecule has 96 valence electrons. The summed E-state index contributed by atoms with van der Waals surface area (Å²) in [5, 5.41) is 4.16. The van der Waals surface area contributed by atoms with Crippen molar-refractivity contribution in [1.82, 2.24) is 5.32 Å². The fraction of sp³-hybridized carbons (Fsp3) is 0.538. The Morgan fingerprint density at radius 3 is 2.82 bits per heavy atom. The molecule has 1 aromatic rings. The maximum Gasteiger partial charge on any atom is 0.0662 e. The van der Waals surface area contributed by atoms with Crippen molar-refractivity contribution in [2.75, 3.05) is 19.8 Å². The third-order valence-corrected chi connectivity index (χ3v) is 3.75. The van der Waals surface area contributed by atoms with E-state index in [2.05, 4.69) is 35.1 Å². The summed E-state index contributed by atoms with van der Waals surface area (Å²) in [6.07, 6.45) is 1.03. The highest BCUT2D eigenvalue weighted by Gasteiger charge is 2.15. The molecule has 0 aliphatic heterocycles. The molecule has 0 amide bonds. The molecule has 1 atom stereocenters. The summed E-state index contributed by atoms with van der Waals surface area (Å²) in [6.45, 7) is 6.52. The average Bonchev–Trinajstić information content (AvgIpc) is 2.32. The molecule has 2 nitrogen and oxygen atoms in total. The first-order valence-electron chi connectivity index (χ1n) is 5.95. The van der Waals surface area contributed by atoms with Crippen molar-refractivity contribution in [2.45, 2.75) is 26.3 Å². The van der Waals surface area contributed by atoms with Gasteiger partial charge < -0.3 is 10.1 Å². The van der Waals surface area contributed by atoms with E-state index in [-0.39, 0.29) is 6.04 Å². The Kier molecular flexibility index (Phi) is 7.12. The molecule has 0 saturated carbocycles. The van der Waals surface area contributed by atoms with E-state index in [1.165, 1.54) is 0 Å². The standard InChI is InChI=1S/C13H19BrClNO/c1-3-8-17-9-12(16-4-2)10-6-5-7-11(14)13(10)15/h5-7,12,16H,3-4,8-9H2,1-2H3. The van der Waals surface area contributed by atoms with Gasteiger partial charge in [-0.3, -0.25) is 0 Å². The number of ether oxygens (including phenoxy) is 1. The lowest BCUT2D eigenvalue weighted by Crippen LogP contribution is -2.25. The molecule has 1 aromatic carbocycles.